The first-order valence-electron chi connectivity index (χ1n) is 21.7. The molecule has 2 nitrogen and oxygen atoms in total. The molecular weight excluding hydrogens is 713 g/mol. The summed E-state index contributed by atoms with van der Waals surface area (Å²) in [4.78, 5) is 10.2. The van der Waals surface area contributed by atoms with E-state index in [0.29, 0.717) is 0 Å². The van der Waals surface area contributed by atoms with Crippen LogP contribution in [0.1, 0.15) is 111 Å². The van der Waals surface area contributed by atoms with E-state index in [2.05, 4.69) is 186 Å². The molecule has 0 bridgehead atoms. The number of hydrogen-bond donors (Lipinski definition) is 1. The lowest BCUT2D eigenvalue weighted by Gasteiger charge is -2.21. The molecule has 1 N–H and O–H groups in total. The first-order chi connectivity index (χ1) is 28.5. The van der Waals surface area contributed by atoms with Gasteiger partial charge in [-0.25, -0.2) is 4.99 Å². The van der Waals surface area contributed by atoms with E-state index in [1.165, 1.54) is 94.4 Å². The molecule has 3 aliphatic rings. The van der Waals surface area contributed by atoms with Gasteiger partial charge in [0.25, 0.3) is 0 Å². The zero-order chi connectivity index (χ0) is 40.5. The molecule has 0 saturated carbocycles. The molecule has 59 heavy (non-hydrogen) atoms. The maximum absolute atomic E-state index is 5.95. The Labute approximate surface area is 350 Å². The Kier molecular flexibility index (Phi) is 9.09. The Balaban J connectivity index is 1.36. The molecule has 2 aliphatic carbocycles. The molecule has 2 heterocycles. The van der Waals surface area contributed by atoms with Crippen LogP contribution in [-0.2, 0) is 30.1 Å². The number of aryl methyl sites for hydroxylation is 2. The first-order valence-corrected chi connectivity index (χ1v) is 21.7. The number of fused-ring (bicyclic) bond motifs is 7. The van der Waals surface area contributed by atoms with Crippen molar-refractivity contribution in [2.45, 2.75) is 90.9 Å². The van der Waals surface area contributed by atoms with Gasteiger partial charge in [0, 0.05) is 27.8 Å². The molecule has 1 aliphatic heterocycles. The molecule has 0 saturated heterocycles. The van der Waals surface area contributed by atoms with Crippen molar-refractivity contribution in [2.24, 2.45) is 4.99 Å². The van der Waals surface area contributed by atoms with Crippen molar-refractivity contribution in [1.82, 2.24) is 4.98 Å². The monoisotopic (exact) mass is 766 g/mol. The minimum Gasteiger partial charge on any atom is -0.354 e. The van der Waals surface area contributed by atoms with Crippen LogP contribution in [0, 0.1) is 0 Å². The predicted molar refractivity (Wildman–Crippen MR) is 250 cm³/mol. The Morgan fingerprint density at radius 3 is 1.81 bits per heavy atom. The molecule has 2 heteroatoms. The van der Waals surface area contributed by atoms with Gasteiger partial charge in [-0.15, -0.1) is 0 Å². The van der Waals surface area contributed by atoms with E-state index in [1.54, 1.807) is 0 Å². The second-order valence-electron chi connectivity index (χ2n) is 19.0. The van der Waals surface area contributed by atoms with Gasteiger partial charge in [-0.1, -0.05) is 181 Å². The lowest BCUT2D eigenvalue weighted by molar-refractivity contribution is 0.590. The highest BCUT2D eigenvalue weighted by Gasteiger charge is 2.35. The molecule has 0 amide bonds. The van der Waals surface area contributed by atoms with E-state index >= 15 is 0 Å². The first kappa shape index (κ1) is 37.3. The fourth-order valence-corrected chi connectivity index (χ4v) is 9.94. The zero-order valence-corrected chi connectivity index (χ0v) is 35.5. The lowest BCUT2D eigenvalue weighted by atomic mass is 9.83. The standard InChI is InChI=1S/C57H54N2/c1-56(2,3)41-32-28-39(29-33-41)49-47-26-14-20-37-17-8-11-23-44(37)52(47)58-54(49)51(46-25-13-19-36-16-7-10-22-43(36)46)55-50(40-30-34-42(35-31-40)57(4,5)6)48-27-15-21-38-18-9-12-24-45(38)53(48)59-55/h7-13,16-19,22-25,28-35,58H,14-15,20-21,26-27H2,1-6H3. The number of aliphatic imine (C=N–C) groups is 1. The summed E-state index contributed by atoms with van der Waals surface area (Å²) in [5, 5.41) is 2.46. The van der Waals surface area contributed by atoms with E-state index in [9.17, 15) is 0 Å². The maximum atomic E-state index is 5.95. The van der Waals surface area contributed by atoms with E-state index in [4.69, 9.17) is 4.99 Å². The molecule has 6 aromatic carbocycles. The normalized spacial score (nSPS) is 16.1. The average molecular weight is 767 g/mol. The van der Waals surface area contributed by atoms with Gasteiger partial charge in [0.1, 0.15) is 0 Å². The van der Waals surface area contributed by atoms with Gasteiger partial charge in [-0.3, -0.25) is 0 Å². The Morgan fingerprint density at radius 1 is 0.542 bits per heavy atom. The van der Waals surface area contributed by atoms with E-state index in [1.807, 2.05) is 0 Å². The summed E-state index contributed by atoms with van der Waals surface area (Å²) in [6.45, 7) is 13.8. The van der Waals surface area contributed by atoms with Crippen molar-refractivity contribution in [2.75, 3.05) is 0 Å². The summed E-state index contributed by atoms with van der Waals surface area (Å²) < 4.78 is 0. The molecule has 0 spiro atoms. The number of benzene rings is 6. The summed E-state index contributed by atoms with van der Waals surface area (Å²) >= 11 is 0. The smallest absolute Gasteiger partial charge is 0.0818 e. The molecule has 0 atom stereocenters. The fourth-order valence-electron chi connectivity index (χ4n) is 9.94. The molecule has 7 aromatic rings. The van der Waals surface area contributed by atoms with Gasteiger partial charge < -0.3 is 4.98 Å². The topological polar surface area (TPSA) is 28.1 Å². The largest absolute Gasteiger partial charge is 0.354 e. The van der Waals surface area contributed by atoms with Crippen molar-refractivity contribution in [3.05, 3.63) is 201 Å². The third kappa shape index (κ3) is 6.54. The van der Waals surface area contributed by atoms with Gasteiger partial charge >= 0.3 is 0 Å². The quantitative estimate of drug-likeness (QED) is 0.185. The molecule has 0 unspecified atom stereocenters. The van der Waals surface area contributed by atoms with Crippen molar-refractivity contribution in [1.29, 1.82) is 0 Å². The number of aromatic nitrogens is 1. The van der Waals surface area contributed by atoms with Gasteiger partial charge in [0.05, 0.1) is 22.8 Å². The van der Waals surface area contributed by atoms with Crippen LogP contribution in [0.5, 0.6) is 0 Å². The van der Waals surface area contributed by atoms with Crippen molar-refractivity contribution >= 4 is 27.6 Å². The number of H-pyrrole nitrogens is 1. The number of nitrogens with zero attached hydrogens (tertiary/aromatic N) is 1. The minimum absolute atomic E-state index is 0.0531. The van der Waals surface area contributed by atoms with E-state index in [0.717, 1.165) is 55.6 Å². The SMILES string of the molecule is CC(C)(C)c1ccc(C2=C3CCCc4ccccc4C3=NC2=C(c2[nH]c3c(c2-c2ccc(C(C)(C)C)cc2)CCCc2ccccc2-3)c2cccc3ccccc23)cc1. The lowest BCUT2D eigenvalue weighted by Crippen LogP contribution is -2.10. The van der Waals surface area contributed by atoms with Gasteiger partial charge in [0.2, 0.25) is 0 Å². The van der Waals surface area contributed by atoms with Crippen LogP contribution in [-0.4, -0.2) is 10.7 Å². The summed E-state index contributed by atoms with van der Waals surface area (Å²) in [7, 11) is 0. The highest BCUT2D eigenvalue weighted by Crippen LogP contribution is 2.50. The highest BCUT2D eigenvalue weighted by atomic mass is 14.8. The van der Waals surface area contributed by atoms with Crippen LogP contribution in [0.15, 0.2) is 156 Å². The number of allylic oxidation sites excluding steroid dienone is 2. The third-order valence-corrected chi connectivity index (χ3v) is 13.1. The summed E-state index contributed by atoms with van der Waals surface area (Å²) in [6.07, 6.45) is 6.29. The molecule has 10 rings (SSSR count). The number of aromatic amines is 1. The van der Waals surface area contributed by atoms with Gasteiger partial charge in [-0.05, 0) is 110 Å². The Hall–Kier alpha value is -5.99. The second kappa shape index (κ2) is 14.4. The fraction of sp³-hybridized carbons (Fsp3) is 0.246. The highest BCUT2D eigenvalue weighted by molar-refractivity contribution is 6.25. The van der Waals surface area contributed by atoms with Crippen molar-refractivity contribution in [3.8, 4) is 22.4 Å². The number of hydrogen-bond acceptors (Lipinski definition) is 1. The van der Waals surface area contributed by atoms with Crippen molar-refractivity contribution in [3.63, 3.8) is 0 Å². The van der Waals surface area contributed by atoms with Crippen molar-refractivity contribution < 1.29 is 0 Å². The van der Waals surface area contributed by atoms with Crippen LogP contribution in [0.25, 0.3) is 44.3 Å². The molecule has 292 valence electrons. The molecule has 1 aromatic heterocycles. The van der Waals surface area contributed by atoms with Gasteiger partial charge in [-0.2, -0.15) is 0 Å². The Bertz CT molecular complexity index is 2850. The molecule has 0 fully saturated rings. The summed E-state index contributed by atoms with van der Waals surface area (Å²) in [6, 6.07) is 52.6. The number of nitrogens with one attached hydrogen (secondary N) is 1. The molecular formula is C57H54N2. The van der Waals surface area contributed by atoms with Crippen LogP contribution in [0.4, 0.5) is 0 Å². The van der Waals surface area contributed by atoms with E-state index in [-0.39, 0.29) is 10.8 Å². The van der Waals surface area contributed by atoms with Crippen LogP contribution in [0.3, 0.4) is 0 Å². The van der Waals surface area contributed by atoms with Crippen LogP contribution < -0.4 is 0 Å². The zero-order valence-electron chi connectivity index (χ0n) is 35.5. The third-order valence-electron chi connectivity index (χ3n) is 13.1. The minimum atomic E-state index is 0.0531. The van der Waals surface area contributed by atoms with Gasteiger partial charge in [0.15, 0.2) is 0 Å². The summed E-state index contributed by atoms with van der Waals surface area (Å²) in [5.41, 5.74) is 22.9. The molecule has 0 radical (unpaired) electrons. The Morgan fingerprint density at radius 2 is 1.12 bits per heavy atom. The number of rotatable bonds is 4. The van der Waals surface area contributed by atoms with Crippen LogP contribution >= 0.6 is 0 Å². The summed E-state index contributed by atoms with van der Waals surface area (Å²) in [5.74, 6) is 0. The average Bonchev–Trinajstić information content (AvgIpc) is 3.66. The second-order valence-corrected chi connectivity index (χ2v) is 19.0. The maximum Gasteiger partial charge on any atom is 0.0818 e. The van der Waals surface area contributed by atoms with Crippen LogP contribution in [0.2, 0.25) is 0 Å². The van der Waals surface area contributed by atoms with E-state index < -0.39 is 0 Å². The predicted octanol–water partition coefficient (Wildman–Crippen LogP) is 14.6.